The van der Waals surface area contributed by atoms with E-state index in [0.29, 0.717) is 0 Å². The number of phosphoric ester groups is 1. The van der Waals surface area contributed by atoms with Crippen molar-refractivity contribution in [3.63, 3.8) is 0 Å². The molecule has 0 saturated heterocycles. The van der Waals surface area contributed by atoms with Gasteiger partial charge in [-0.05, 0) is 6.42 Å². The zero-order valence-corrected chi connectivity index (χ0v) is 15.5. The Morgan fingerprint density at radius 2 is 1.00 bits per heavy atom. The quantitative estimate of drug-likeness (QED) is 0.123. The molecule has 0 unspecified atom stereocenters. The van der Waals surface area contributed by atoms with Crippen LogP contribution in [0.15, 0.2) is 0 Å². The van der Waals surface area contributed by atoms with Crippen molar-refractivity contribution in [2.24, 2.45) is 0 Å². The minimum absolute atomic E-state index is 0.167. The Morgan fingerprint density at radius 3 is 1.28 bits per heavy atom. The first-order valence-electron chi connectivity index (χ1n) is 8.35. The van der Waals surface area contributed by atoms with Gasteiger partial charge in [-0.2, -0.15) is 0 Å². The average molecular weight is 392 g/mol. The largest absolute Gasteiger partial charge is 0.469 e. The highest BCUT2D eigenvalue weighted by molar-refractivity contribution is 7.46. The fourth-order valence-corrected chi connectivity index (χ4v) is 2.14. The second-order valence-corrected chi connectivity index (χ2v) is 7.02. The van der Waals surface area contributed by atoms with Gasteiger partial charge in [0, 0.05) is 0 Å². The number of hydrogen-bond donors (Lipinski definition) is 8. The van der Waals surface area contributed by atoms with Gasteiger partial charge in [-0.1, -0.05) is 64.7 Å². The Labute approximate surface area is 148 Å². The summed E-state index contributed by atoms with van der Waals surface area (Å²) in [6.07, 6.45) is 12.0. The highest BCUT2D eigenvalue weighted by Gasteiger charge is 2.44. The van der Waals surface area contributed by atoms with Crippen molar-refractivity contribution in [2.75, 3.05) is 6.61 Å². The highest BCUT2D eigenvalue weighted by atomic mass is 31.2. The van der Waals surface area contributed by atoms with Crippen molar-refractivity contribution in [1.82, 2.24) is 0 Å². The molecule has 0 aliphatic heterocycles. The molecule has 0 amide bonds. The maximum Gasteiger partial charge on any atom is 0.469 e. The van der Waals surface area contributed by atoms with Gasteiger partial charge >= 0.3 is 19.8 Å². The van der Waals surface area contributed by atoms with Crippen LogP contribution >= 0.6 is 7.82 Å². The number of aliphatic hydroxyl groups is 6. The predicted molar refractivity (Wildman–Crippen MR) is 88.6 cm³/mol. The van der Waals surface area contributed by atoms with E-state index in [1.54, 1.807) is 0 Å². The third-order valence-electron chi connectivity index (χ3n) is 3.21. The molecule has 0 aromatic rings. The highest BCUT2D eigenvalue weighted by Crippen LogP contribution is 2.35. The van der Waals surface area contributed by atoms with Gasteiger partial charge in [-0.3, -0.25) is 4.52 Å². The summed E-state index contributed by atoms with van der Waals surface area (Å²) >= 11 is 0. The van der Waals surface area contributed by atoms with Gasteiger partial charge in [0.1, 0.15) is 0 Å². The molecule has 0 saturated carbocycles. The lowest BCUT2D eigenvalue weighted by atomic mass is 10.1. The van der Waals surface area contributed by atoms with E-state index in [9.17, 15) is 4.57 Å². The van der Waals surface area contributed by atoms with Crippen molar-refractivity contribution in [3.05, 3.63) is 0 Å². The molecule has 0 atom stereocenters. The fraction of sp³-hybridized carbons (Fsp3) is 1.00. The molecule has 0 radical (unpaired) electrons. The third-order valence-corrected chi connectivity index (χ3v) is 3.73. The van der Waals surface area contributed by atoms with Gasteiger partial charge in [-0.25, -0.2) is 4.57 Å². The molecule has 0 aromatic carbocycles. The summed E-state index contributed by atoms with van der Waals surface area (Å²) < 4.78 is 14.7. The molecule has 11 heteroatoms. The molecule has 8 N–H and O–H groups in total. The number of unbranched alkanes of at least 4 members (excludes halogenated alkanes) is 9. The van der Waals surface area contributed by atoms with Gasteiger partial charge in [-0.15, -0.1) is 0 Å². The molecule has 0 spiro atoms. The van der Waals surface area contributed by atoms with Crippen molar-refractivity contribution in [1.29, 1.82) is 0 Å². The summed E-state index contributed by atoms with van der Waals surface area (Å²) in [6.45, 7) is 2.39. The van der Waals surface area contributed by atoms with E-state index in [1.165, 1.54) is 44.9 Å². The summed E-state index contributed by atoms with van der Waals surface area (Å²) in [5.41, 5.74) is 0. The van der Waals surface area contributed by atoms with Crippen LogP contribution in [0.5, 0.6) is 0 Å². The minimum atomic E-state index is -4.24. The smallest absolute Gasteiger partial charge is 0.337 e. The molecule has 0 rings (SSSR count). The van der Waals surface area contributed by atoms with E-state index >= 15 is 0 Å². The van der Waals surface area contributed by atoms with Crippen molar-refractivity contribution >= 4 is 7.82 Å². The van der Waals surface area contributed by atoms with Crippen LogP contribution in [0, 0.1) is 0 Å². The molecular weight excluding hydrogens is 359 g/mol. The van der Waals surface area contributed by atoms with Gasteiger partial charge in [0.25, 0.3) is 0 Å². The first-order valence-corrected chi connectivity index (χ1v) is 9.88. The Kier molecular flexibility index (Phi) is 15.2. The Morgan fingerprint density at radius 1 is 0.680 bits per heavy atom. The fourth-order valence-electron chi connectivity index (χ4n) is 1.77. The van der Waals surface area contributed by atoms with Crippen LogP contribution in [-0.2, 0) is 9.09 Å². The van der Waals surface area contributed by atoms with E-state index in [-0.39, 0.29) is 6.61 Å². The summed E-state index contributed by atoms with van der Waals surface area (Å²) in [7, 11) is -4.24. The topological polar surface area (TPSA) is 188 Å². The van der Waals surface area contributed by atoms with Crippen molar-refractivity contribution < 1.29 is 49.5 Å². The maximum atomic E-state index is 10.4. The second-order valence-electron chi connectivity index (χ2n) is 5.78. The third kappa shape index (κ3) is 21.8. The van der Waals surface area contributed by atoms with Crippen LogP contribution in [0.4, 0.5) is 0 Å². The Bertz CT molecular complexity index is 333. The SMILES string of the molecule is CCCCCCCCCCCCOP(=O)(O)O.OC(O)(O)C(O)(O)O. The zero-order chi connectivity index (χ0) is 20.0. The van der Waals surface area contributed by atoms with Gasteiger partial charge in [0.15, 0.2) is 0 Å². The summed E-state index contributed by atoms with van der Waals surface area (Å²) in [4.78, 5) is 16.9. The monoisotopic (exact) mass is 392 g/mol. The Hall–Kier alpha value is -0.130. The van der Waals surface area contributed by atoms with E-state index in [1.807, 2.05) is 0 Å². The molecule has 0 bridgehead atoms. The van der Waals surface area contributed by atoms with Gasteiger partial charge < -0.3 is 40.4 Å². The lowest BCUT2D eigenvalue weighted by Crippen LogP contribution is -2.54. The normalized spacial score (nSPS) is 12.7. The number of phosphoric acid groups is 1. The molecule has 154 valence electrons. The summed E-state index contributed by atoms with van der Waals surface area (Å²) in [5, 5.41) is 46.3. The van der Waals surface area contributed by atoms with Crippen LogP contribution in [0.1, 0.15) is 71.1 Å². The summed E-state index contributed by atoms with van der Waals surface area (Å²) in [5.74, 6) is -7.79. The van der Waals surface area contributed by atoms with Crippen molar-refractivity contribution in [3.8, 4) is 0 Å². The maximum absolute atomic E-state index is 10.4. The van der Waals surface area contributed by atoms with E-state index < -0.39 is 19.8 Å². The molecule has 0 aromatic heterocycles. The molecule has 0 aliphatic carbocycles. The average Bonchev–Trinajstić information content (AvgIpc) is 2.42. The first kappa shape index (κ1) is 27.1. The van der Waals surface area contributed by atoms with Crippen LogP contribution in [0.3, 0.4) is 0 Å². The van der Waals surface area contributed by atoms with Crippen molar-refractivity contribution in [2.45, 2.75) is 83.1 Å². The molecule has 25 heavy (non-hydrogen) atoms. The molecule has 0 aliphatic rings. The second kappa shape index (κ2) is 14.0. The van der Waals surface area contributed by atoms with E-state index in [0.717, 1.165) is 19.3 Å². The standard InChI is InChI=1S/C12H27O4P.C2H6O6/c1-2-3-4-5-6-7-8-9-10-11-12-16-17(13,14)15;3-1(4,5)2(6,7)8/h2-12H2,1H3,(H2,13,14,15);3-8H. The van der Waals surface area contributed by atoms with Gasteiger partial charge in [0.05, 0.1) is 6.61 Å². The van der Waals surface area contributed by atoms with Crippen LogP contribution < -0.4 is 0 Å². The lowest BCUT2D eigenvalue weighted by Gasteiger charge is -2.23. The molecule has 0 heterocycles. The first-order chi connectivity index (χ1) is 11.3. The number of hydrogen-bond acceptors (Lipinski definition) is 8. The molecule has 0 fully saturated rings. The summed E-state index contributed by atoms with van der Waals surface area (Å²) in [6, 6.07) is 0. The van der Waals surface area contributed by atoms with E-state index in [2.05, 4.69) is 11.4 Å². The minimum Gasteiger partial charge on any atom is -0.337 e. The van der Waals surface area contributed by atoms with E-state index in [4.69, 9.17) is 40.4 Å². The molecule has 10 nitrogen and oxygen atoms in total. The predicted octanol–water partition coefficient (Wildman–Crippen LogP) is 0.264. The van der Waals surface area contributed by atoms with Crippen LogP contribution in [0.25, 0.3) is 0 Å². The van der Waals surface area contributed by atoms with Crippen LogP contribution in [0.2, 0.25) is 0 Å². The lowest BCUT2D eigenvalue weighted by molar-refractivity contribution is -0.512. The Balaban J connectivity index is 0. The molecular formula is C14H33O10P. The zero-order valence-electron chi connectivity index (χ0n) is 14.6. The van der Waals surface area contributed by atoms with Gasteiger partial charge in [0.2, 0.25) is 0 Å². The van der Waals surface area contributed by atoms with Crippen LogP contribution in [-0.4, -0.2) is 59.0 Å². The number of rotatable bonds is 13.